The normalized spacial score (nSPS) is 12.2. The van der Waals surface area contributed by atoms with Gasteiger partial charge in [0.1, 0.15) is 41.1 Å². The molecule has 0 aromatic heterocycles. The number of rotatable bonds is 33. The summed E-state index contributed by atoms with van der Waals surface area (Å²) in [5, 5.41) is 0. The van der Waals surface area contributed by atoms with Gasteiger partial charge >= 0.3 is 17.9 Å². The van der Waals surface area contributed by atoms with E-state index >= 15 is 0 Å². The second-order valence-electron chi connectivity index (χ2n) is 35.9. The van der Waals surface area contributed by atoms with Gasteiger partial charge in [0, 0.05) is 32.1 Å². The molecule has 12 nitrogen and oxygen atoms in total. The minimum Gasteiger partial charge on any atom is -0.496 e. The zero-order valence-electron chi connectivity index (χ0n) is 71.1. The fourth-order valence-electron chi connectivity index (χ4n) is 13.9. The van der Waals surface area contributed by atoms with Gasteiger partial charge in [-0.15, -0.1) is 0 Å². The lowest BCUT2D eigenvalue weighted by Crippen LogP contribution is -2.19. The van der Waals surface area contributed by atoms with Gasteiger partial charge in [0.2, 0.25) is 0 Å². The van der Waals surface area contributed by atoms with Crippen LogP contribution in [0, 0.1) is 6.92 Å². The van der Waals surface area contributed by atoms with Crippen molar-refractivity contribution < 1.29 is 57.0 Å². The SMILES string of the molecule is CCOC(=O)COc1ccc(C(C)(C)C)cc1Cc1cc(C(C)(C)C)cc(Cc2cc(C(C)(C)C)cc(Cc3cc(C(C)(C)C)cc(Cc4cc(C(C)(C)C)cc(Cc5cc(C(C)(C)C)ccc5OCc5ccc(CCCCCc6ccc(C)cc6)cc5)c4OCC(=O)OCC)c3OC)c2OCC(=O)OCC)c1OC. The van der Waals surface area contributed by atoms with Gasteiger partial charge in [-0.05, 0) is 204 Å². The van der Waals surface area contributed by atoms with E-state index in [1.54, 1.807) is 35.0 Å². The number of unbranched alkanes of at least 4 members (excludes halogenated alkanes) is 2. The monoisotopic (exact) mass is 1500 g/mol. The van der Waals surface area contributed by atoms with Crippen molar-refractivity contribution in [3.8, 4) is 34.5 Å². The first kappa shape index (κ1) is 86.6. The summed E-state index contributed by atoms with van der Waals surface area (Å²) in [5.41, 5.74) is 19.3. The van der Waals surface area contributed by atoms with Crippen LogP contribution in [0.2, 0.25) is 0 Å². The molecule has 0 aliphatic carbocycles. The highest BCUT2D eigenvalue weighted by molar-refractivity contribution is 5.73. The molecule has 0 atom stereocenters. The van der Waals surface area contributed by atoms with E-state index in [0.717, 1.165) is 114 Å². The molecule has 0 spiro atoms. The Morgan fingerprint density at radius 1 is 0.291 bits per heavy atom. The minimum atomic E-state index is -0.483. The van der Waals surface area contributed by atoms with E-state index in [9.17, 15) is 14.4 Å². The van der Waals surface area contributed by atoms with Gasteiger partial charge in [0.15, 0.2) is 19.8 Å². The number of hydrogen-bond donors (Lipinski definition) is 0. The lowest BCUT2D eigenvalue weighted by molar-refractivity contribution is -0.146. The van der Waals surface area contributed by atoms with Crippen LogP contribution in [-0.2, 0) is 113 Å². The number of benzene rings is 8. The first-order chi connectivity index (χ1) is 51.7. The van der Waals surface area contributed by atoms with Crippen LogP contribution < -0.4 is 28.4 Å². The molecule has 592 valence electrons. The summed E-state index contributed by atoms with van der Waals surface area (Å²) in [4.78, 5) is 40.1. The zero-order chi connectivity index (χ0) is 80.7. The number of carbonyl (C=O) groups is 3. The third kappa shape index (κ3) is 24.2. The number of aryl methyl sites for hydroxylation is 3. The molecule has 0 saturated carbocycles. The molecule has 0 amide bonds. The highest BCUT2D eigenvalue weighted by Gasteiger charge is 2.31. The molecule has 0 radical (unpaired) electrons. The molecule has 0 aliphatic rings. The van der Waals surface area contributed by atoms with E-state index in [4.69, 9.17) is 42.6 Å². The van der Waals surface area contributed by atoms with Crippen molar-refractivity contribution in [3.63, 3.8) is 0 Å². The molecule has 0 unspecified atom stereocenters. The van der Waals surface area contributed by atoms with Crippen molar-refractivity contribution in [1.29, 1.82) is 0 Å². The van der Waals surface area contributed by atoms with E-state index in [0.29, 0.717) is 67.5 Å². The van der Waals surface area contributed by atoms with E-state index < -0.39 is 17.9 Å². The van der Waals surface area contributed by atoms with Gasteiger partial charge in [-0.25, -0.2) is 14.4 Å². The lowest BCUT2D eigenvalue weighted by atomic mass is 9.80. The van der Waals surface area contributed by atoms with Gasteiger partial charge in [-0.2, -0.15) is 0 Å². The molecule has 0 heterocycles. The van der Waals surface area contributed by atoms with Crippen LogP contribution in [0.15, 0.2) is 133 Å². The van der Waals surface area contributed by atoms with Crippen molar-refractivity contribution >= 4 is 17.9 Å². The predicted octanol–water partition coefficient (Wildman–Crippen LogP) is 22.1. The molecule has 8 aromatic carbocycles. The van der Waals surface area contributed by atoms with Gasteiger partial charge in [0.25, 0.3) is 0 Å². The van der Waals surface area contributed by atoms with E-state index in [1.807, 2.05) is 6.07 Å². The summed E-state index contributed by atoms with van der Waals surface area (Å²) < 4.78 is 56.8. The zero-order valence-corrected chi connectivity index (χ0v) is 71.1. The molecule has 110 heavy (non-hydrogen) atoms. The topological polar surface area (TPSA) is 134 Å². The smallest absolute Gasteiger partial charge is 0.344 e. The van der Waals surface area contributed by atoms with Crippen molar-refractivity contribution in [2.75, 3.05) is 53.9 Å². The maximum absolute atomic E-state index is 13.7. The van der Waals surface area contributed by atoms with E-state index in [1.165, 1.54) is 35.1 Å². The fourth-order valence-corrected chi connectivity index (χ4v) is 13.9. The molecule has 8 aromatic rings. The number of carbonyl (C=O) groups excluding carboxylic acids is 3. The molecule has 12 heteroatoms. The maximum Gasteiger partial charge on any atom is 0.344 e. The molecule has 0 aliphatic heterocycles. The van der Waals surface area contributed by atoms with Gasteiger partial charge in [-0.1, -0.05) is 258 Å². The average Bonchev–Trinajstić information content (AvgIpc) is 0.771. The van der Waals surface area contributed by atoms with Crippen molar-refractivity contribution in [1.82, 2.24) is 0 Å². The highest BCUT2D eigenvalue weighted by atomic mass is 16.6. The Labute approximate surface area is 660 Å². The van der Waals surface area contributed by atoms with Gasteiger partial charge in [-0.3, -0.25) is 0 Å². The number of ether oxygens (including phenoxy) is 9. The summed E-state index contributed by atoms with van der Waals surface area (Å²) in [7, 11) is 3.45. The molecule has 0 N–H and O–H groups in total. The Balaban J connectivity index is 1.25. The Hall–Kier alpha value is -9.03. The summed E-state index contributed by atoms with van der Waals surface area (Å²) in [6, 6.07) is 48.4. The molecule has 0 saturated heterocycles. The Morgan fingerprint density at radius 2 is 0.555 bits per heavy atom. The third-order valence-electron chi connectivity index (χ3n) is 20.5. The molecule has 8 rings (SSSR count). The van der Waals surface area contributed by atoms with E-state index in [-0.39, 0.29) is 72.1 Å². The summed E-state index contributed by atoms with van der Waals surface area (Å²) in [6.07, 6.45) is 7.61. The van der Waals surface area contributed by atoms with E-state index in [2.05, 4.69) is 259 Å². The van der Waals surface area contributed by atoms with Crippen LogP contribution in [0.25, 0.3) is 0 Å². The second-order valence-corrected chi connectivity index (χ2v) is 35.9. The summed E-state index contributed by atoms with van der Waals surface area (Å²) in [5.74, 6) is 2.54. The van der Waals surface area contributed by atoms with Gasteiger partial charge < -0.3 is 42.6 Å². The predicted molar refractivity (Wildman–Crippen MR) is 448 cm³/mol. The molecule has 0 bridgehead atoms. The Bertz CT molecular complexity index is 4430. The minimum absolute atomic E-state index is 0.173. The summed E-state index contributed by atoms with van der Waals surface area (Å²) >= 11 is 0. The van der Waals surface area contributed by atoms with Gasteiger partial charge in [0.05, 0.1) is 34.0 Å². The number of esters is 3. The number of hydrogen-bond acceptors (Lipinski definition) is 12. The van der Waals surface area contributed by atoms with Crippen LogP contribution in [0.3, 0.4) is 0 Å². The standard InChI is InChI=1S/C98H128O12/c1-25-104-86(99)61-108-85-44-42-79(94(8,9)10)50-68(85)45-70-52-80(95(11,12)13)53-71(89(70)102-23)47-76-58-83(98(20,21)22)59-77(92(76)110-63-88(101)106-27-3)49-73-55-81(96(14,15)16)54-72(90(73)103-24)48-75-57-82(97(17,18)19)56-74(91(75)109-62-87(100)105-26-2)46-69-51-78(93(5,6)7)41-43-84(69)107-60-67-39-37-66(38-40-67)32-30-28-29-31-65-35-33-64(4)34-36-65/h33-44,50-59H,25-32,45-49,60-63H2,1-24H3. The van der Waals surface area contributed by atoms with Crippen molar-refractivity contribution in [2.45, 2.75) is 256 Å². The van der Waals surface area contributed by atoms with Crippen LogP contribution in [0.4, 0.5) is 0 Å². The Morgan fingerprint density at radius 3 is 0.855 bits per heavy atom. The summed E-state index contributed by atoms with van der Waals surface area (Å²) in [6.45, 7) is 47.6. The third-order valence-corrected chi connectivity index (χ3v) is 20.5. The lowest BCUT2D eigenvalue weighted by Gasteiger charge is -2.28. The molecular formula is C98H128O12. The quantitative estimate of drug-likeness (QED) is 0.0220. The fraction of sp³-hybridized carbons (Fsp3) is 0.480. The maximum atomic E-state index is 13.7. The average molecular weight is 1500 g/mol. The first-order valence-corrected chi connectivity index (χ1v) is 39.8. The largest absolute Gasteiger partial charge is 0.496 e. The second kappa shape index (κ2) is 37.3. The van der Waals surface area contributed by atoms with Crippen molar-refractivity contribution in [3.05, 3.63) is 245 Å². The van der Waals surface area contributed by atoms with Crippen LogP contribution >= 0.6 is 0 Å². The Kier molecular flexibility index (Phi) is 29.4. The molecular weight excluding hydrogens is 1370 g/mol. The van der Waals surface area contributed by atoms with Crippen LogP contribution in [0.1, 0.15) is 276 Å². The number of methoxy groups -OCH3 is 2. The molecule has 0 fully saturated rings. The van der Waals surface area contributed by atoms with Crippen LogP contribution in [-0.4, -0.2) is 71.8 Å². The first-order valence-electron chi connectivity index (χ1n) is 39.8. The highest BCUT2D eigenvalue weighted by Crippen LogP contribution is 2.45. The van der Waals surface area contributed by atoms with Crippen LogP contribution in [0.5, 0.6) is 34.5 Å². The van der Waals surface area contributed by atoms with Crippen molar-refractivity contribution in [2.24, 2.45) is 0 Å².